The van der Waals surface area contributed by atoms with Crippen LogP contribution in [0.3, 0.4) is 0 Å². The molecule has 0 unspecified atom stereocenters. The van der Waals surface area contributed by atoms with Crippen molar-refractivity contribution in [2.45, 2.75) is 0 Å². The van der Waals surface area contributed by atoms with Crippen LogP contribution in [-0.4, -0.2) is 35.8 Å². The maximum Gasteiger partial charge on any atom is 0.423 e. The summed E-state index contributed by atoms with van der Waals surface area (Å²) in [6.45, 7) is 1.57. The quantitative estimate of drug-likeness (QED) is 0.591. The van der Waals surface area contributed by atoms with Crippen LogP contribution in [0, 0.1) is 0 Å². The maximum atomic E-state index is 10.2. The highest BCUT2D eigenvalue weighted by Crippen LogP contribution is 2.08. The molecule has 1 rings (SSSR count). The normalized spacial score (nSPS) is 20.4. The lowest BCUT2D eigenvalue weighted by Gasteiger charge is -2.23. The van der Waals surface area contributed by atoms with Crippen molar-refractivity contribution in [3.8, 4) is 0 Å². The Labute approximate surface area is 63.6 Å². The Morgan fingerprint density at radius 3 is 2.60 bits per heavy atom. The summed E-state index contributed by atoms with van der Waals surface area (Å²) in [7, 11) is 0. The van der Waals surface area contributed by atoms with Crippen molar-refractivity contribution in [2.75, 3.05) is 24.6 Å². The molecule has 0 saturated carbocycles. The molecule has 58 valence electrons. The number of primary amides is 1. The third-order valence-electron chi connectivity index (χ3n) is 1.19. The maximum absolute atomic E-state index is 10.2. The molecule has 0 aliphatic carbocycles. The van der Waals surface area contributed by atoms with E-state index in [1.54, 1.807) is 5.06 Å². The van der Waals surface area contributed by atoms with E-state index in [2.05, 4.69) is 4.84 Å². The highest BCUT2D eigenvalue weighted by atomic mass is 32.2. The van der Waals surface area contributed by atoms with E-state index in [0.717, 1.165) is 24.6 Å². The smallest absolute Gasteiger partial charge is 0.351 e. The molecule has 0 aromatic carbocycles. The molecule has 1 aliphatic rings. The Bertz CT molecular complexity index is 125. The van der Waals surface area contributed by atoms with Crippen LogP contribution in [0.2, 0.25) is 0 Å². The van der Waals surface area contributed by atoms with Gasteiger partial charge in [0.25, 0.3) is 0 Å². The van der Waals surface area contributed by atoms with Crippen molar-refractivity contribution in [1.29, 1.82) is 0 Å². The summed E-state index contributed by atoms with van der Waals surface area (Å²) < 4.78 is 0. The van der Waals surface area contributed by atoms with Gasteiger partial charge in [0, 0.05) is 24.6 Å². The van der Waals surface area contributed by atoms with Crippen LogP contribution in [0.25, 0.3) is 0 Å². The van der Waals surface area contributed by atoms with Crippen LogP contribution in [0.4, 0.5) is 4.79 Å². The minimum atomic E-state index is -0.716. The Balaban J connectivity index is 2.19. The molecule has 0 aromatic heterocycles. The lowest BCUT2D eigenvalue weighted by Crippen LogP contribution is -2.36. The van der Waals surface area contributed by atoms with Gasteiger partial charge in [-0.2, -0.15) is 11.8 Å². The van der Waals surface area contributed by atoms with Gasteiger partial charge in [-0.3, -0.25) is 0 Å². The first-order valence-corrected chi connectivity index (χ1v) is 4.24. The second-order valence-electron chi connectivity index (χ2n) is 1.95. The number of carbonyl (C=O) groups excluding carboxylic acids is 1. The largest absolute Gasteiger partial charge is 0.423 e. The van der Waals surface area contributed by atoms with Crippen molar-refractivity contribution in [3.63, 3.8) is 0 Å². The van der Waals surface area contributed by atoms with Crippen molar-refractivity contribution >= 4 is 17.9 Å². The van der Waals surface area contributed by atoms with E-state index >= 15 is 0 Å². The van der Waals surface area contributed by atoms with Crippen molar-refractivity contribution in [2.24, 2.45) is 5.73 Å². The van der Waals surface area contributed by atoms with Crippen LogP contribution in [0.5, 0.6) is 0 Å². The van der Waals surface area contributed by atoms with Gasteiger partial charge in [-0.15, -0.1) is 5.06 Å². The number of hydrogen-bond donors (Lipinski definition) is 1. The average molecular weight is 162 g/mol. The van der Waals surface area contributed by atoms with Crippen LogP contribution in [0.15, 0.2) is 0 Å². The standard InChI is InChI=1S/C5H10N2O2S/c6-5(8)9-7-1-3-10-4-2-7/h1-4H2,(H2,6,8). The molecule has 1 heterocycles. The zero-order valence-electron chi connectivity index (χ0n) is 5.58. The van der Waals surface area contributed by atoms with Gasteiger partial charge in [0.15, 0.2) is 0 Å². The fraction of sp³-hybridized carbons (Fsp3) is 0.800. The van der Waals surface area contributed by atoms with Gasteiger partial charge in [-0.25, -0.2) is 4.79 Å². The highest BCUT2D eigenvalue weighted by molar-refractivity contribution is 7.99. The molecular weight excluding hydrogens is 152 g/mol. The van der Waals surface area contributed by atoms with Crippen LogP contribution < -0.4 is 5.73 Å². The fourth-order valence-corrected chi connectivity index (χ4v) is 1.63. The van der Waals surface area contributed by atoms with E-state index in [1.165, 1.54) is 0 Å². The zero-order valence-corrected chi connectivity index (χ0v) is 6.39. The topological polar surface area (TPSA) is 55.6 Å². The van der Waals surface area contributed by atoms with Gasteiger partial charge in [-0.05, 0) is 0 Å². The van der Waals surface area contributed by atoms with E-state index < -0.39 is 6.09 Å². The van der Waals surface area contributed by atoms with E-state index in [0.29, 0.717) is 0 Å². The summed E-state index contributed by atoms with van der Waals surface area (Å²) in [6.07, 6.45) is -0.716. The number of hydrogen-bond acceptors (Lipinski definition) is 4. The minimum absolute atomic E-state index is 0.716. The third-order valence-corrected chi connectivity index (χ3v) is 2.13. The molecule has 1 amide bonds. The first-order valence-electron chi connectivity index (χ1n) is 3.09. The second-order valence-corrected chi connectivity index (χ2v) is 3.18. The zero-order chi connectivity index (χ0) is 7.40. The lowest BCUT2D eigenvalue weighted by atomic mass is 10.6. The number of amides is 1. The van der Waals surface area contributed by atoms with Crippen molar-refractivity contribution < 1.29 is 9.63 Å². The Morgan fingerprint density at radius 2 is 2.10 bits per heavy atom. The van der Waals surface area contributed by atoms with Gasteiger partial charge in [0.2, 0.25) is 0 Å². The van der Waals surface area contributed by atoms with Crippen LogP contribution >= 0.6 is 11.8 Å². The number of hydroxylamine groups is 2. The Kier molecular flexibility index (Phi) is 2.82. The van der Waals surface area contributed by atoms with Gasteiger partial charge in [-0.1, -0.05) is 0 Å². The summed E-state index contributed by atoms with van der Waals surface area (Å²) in [5, 5.41) is 1.60. The van der Waals surface area contributed by atoms with Crippen molar-refractivity contribution in [3.05, 3.63) is 0 Å². The molecule has 0 aromatic rings. The number of nitrogens with two attached hydrogens (primary N) is 1. The predicted molar refractivity (Wildman–Crippen MR) is 39.6 cm³/mol. The monoisotopic (exact) mass is 162 g/mol. The van der Waals surface area contributed by atoms with E-state index in [4.69, 9.17) is 5.73 Å². The van der Waals surface area contributed by atoms with E-state index in [-0.39, 0.29) is 0 Å². The fourth-order valence-electron chi connectivity index (χ4n) is 0.765. The van der Waals surface area contributed by atoms with Gasteiger partial charge in [0.05, 0.1) is 0 Å². The Hall–Kier alpha value is -0.420. The number of nitrogens with zero attached hydrogens (tertiary/aromatic N) is 1. The SMILES string of the molecule is NC(=O)ON1CCSCC1. The second kappa shape index (κ2) is 3.68. The molecule has 0 radical (unpaired) electrons. The first kappa shape index (κ1) is 7.68. The summed E-state index contributed by atoms with van der Waals surface area (Å²) in [4.78, 5) is 14.9. The minimum Gasteiger partial charge on any atom is -0.351 e. The summed E-state index contributed by atoms with van der Waals surface area (Å²) >= 11 is 1.85. The molecular formula is C5H10N2O2S. The molecule has 1 fully saturated rings. The average Bonchev–Trinajstić information content (AvgIpc) is 1.88. The molecule has 10 heavy (non-hydrogen) atoms. The molecule has 1 saturated heterocycles. The van der Waals surface area contributed by atoms with Crippen LogP contribution in [-0.2, 0) is 4.84 Å². The first-order chi connectivity index (χ1) is 4.79. The molecule has 4 nitrogen and oxygen atoms in total. The lowest BCUT2D eigenvalue weighted by molar-refractivity contribution is -0.0880. The molecule has 5 heteroatoms. The number of thioether (sulfide) groups is 1. The van der Waals surface area contributed by atoms with Gasteiger partial charge < -0.3 is 10.6 Å². The van der Waals surface area contributed by atoms with Gasteiger partial charge >= 0.3 is 6.09 Å². The molecule has 2 N–H and O–H groups in total. The van der Waals surface area contributed by atoms with E-state index in [1.807, 2.05) is 11.8 Å². The molecule has 1 aliphatic heterocycles. The number of carbonyl (C=O) groups is 1. The highest BCUT2D eigenvalue weighted by Gasteiger charge is 2.12. The summed E-state index contributed by atoms with van der Waals surface area (Å²) in [6, 6.07) is 0. The van der Waals surface area contributed by atoms with Gasteiger partial charge in [0.1, 0.15) is 0 Å². The molecule has 0 atom stereocenters. The molecule has 0 spiro atoms. The third kappa shape index (κ3) is 2.45. The predicted octanol–water partition coefficient (Wildman–Crippen LogP) is 0.0455. The Morgan fingerprint density at radius 1 is 1.50 bits per heavy atom. The van der Waals surface area contributed by atoms with E-state index in [9.17, 15) is 4.79 Å². The summed E-state index contributed by atoms with van der Waals surface area (Å²) in [5.74, 6) is 2.01. The summed E-state index contributed by atoms with van der Waals surface area (Å²) in [5.41, 5.74) is 4.81. The van der Waals surface area contributed by atoms with Crippen LogP contribution in [0.1, 0.15) is 0 Å². The number of rotatable bonds is 1. The van der Waals surface area contributed by atoms with Crippen molar-refractivity contribution in [1.82, 2.24) is 5.06 Å². The molecule has 0 bridgehead atoms.